The molecule has 3 nitrogen and oxygen atoms in total. The Bertz CT molecular complexity index is 337. The minimum atomic E-state index is 0. The van der Waals surface area contributed by atoms with Crippen LogP contribution >= 0.6 is 0 Å². The van der Waals surface area contributed by atoms with E-state index < -0.39 is 0 Å². The fraction of sp³-hybridized carbons (Fsp3) is 0.500. The second kappa shape index (κ2) is 6.99. The molecule has 16 heavy (non-hydrogen) atoms. The monoisotopic (exact) mass is 246 g/mol. The maximum absolute atomic E-state index is 8.93. The topological polar surface area (TPSA) is 41.5 Å². The first kappa shape index (κ1) is 14.5. The molecule has 0 radical (unpaired) electrons. The van der Waals surface area contributed by atoms with E-state index in [0.29, 0.717) is 6.79 Å². The molecule has 0 amide bonds. The van der Waals surface area contributed by atoms with Crippen molar-refractivity contribution in [2.75, 3.05) is 13.4 Å². The zero-order valence-corrected chi connectivity index (χ0v) is 13.0. The van der Waals surface area contributed by atoms with Crippen LogP contribution in [0.1, 0.15) is 31.2 Å². The van der Waals surface area contributed by atoms with E-state index in [1.54, 1.807) is 6.92 Å². The van der Waals surface area contributed by atoms with Crippen LogP contribution < -0.4 is 66.0 Å². The van der Waals surface area contributed by atoms with Crippen molar-refractivity contribution < 1.29 is 66.0 Å². The van der Waals surface area contributed by atoms with Crippen molar-refractivity contribution >= 4 is 0 Å². The predicted molar refractivity (Wildman–Crippen MR) is 55.1 cm³/mol. The fourth-order valence-corrected chi connectivity index (χ4v) is 1.58. The largest absolute Gasteiger partial charge is 1.00 e. The summed E-state index contributed by atoms with van der Waals surface area (Å²) in [4.78, 5) is 0. The van der Waals surface area contributed by atoms with Crippen LogP contribution in [-0.2, 0) is 0 Å². The molecule has 0 unspecified atom stereocenters. The standard InChI is InChI=1S/C10H10O2.C2H5O.K/c1-2-7(1)8-3-4-9-10(5-8)12-6-11-9;1-2-3;/h3-5,7H,1-2,6H2;2H2,1H3;/q;-1;+1. The number of fused-ring (bicyclic) bond motifs is 1. The van der Waals surface area contributed by atoms with Gasteiger partial charge in [-0.25, -0.2) is 0 Å². The van der Waals surface area contributed by atoms with E-state index >= 15 is 0 Å². The molecule has 1 aliphatic heterocycles. The number of hydrogen-bond acceptors (Lipinski definition) is 3. The van der Waals surface area contributed by atoms with Gasteiger partial charge in [0.05, 0.1) is 0 Å². The van der Waals surface area contributed by atoms with Gasteiger partial charge in [0.1, 0.15) is 0 Å². The Morgan fingerprint density at radius 1 is 1.25 bits per heavy atom. The average Bonchev–Trinajstić information content (AvgIpc) is 2.98. The van der Waals surface area contributed by atoms with Gasteiger partial charge in [-0.3, -0.25) is 0 Å². The van der Waals surface area contributed by atoms with Crippen LogP contribution in [0.15, 0.2) is 18.2 Å². The molecule has 1 aromatic carbocycles. The van der Waals surface area contributed by atoms with Gasteiger partial charge in [0.15, 0.2) is 11.5 Å². The van der Waals surface area contributed by atoms with Crippen LogP contribution in [0, 0.1) is 0 Å². The van der Waals surface area contributed by atoms with Gasteiger partial charge in [-0.2, -0.15) is 0 Å². The number of hydrogen-bond donors (Lipinski definition) is 0. The summed E-state index contributed by atoms with van der Waals surface area (Å²) in [6.45, 7) is 1.95. The molecule has 0 bridgehead atoms. The Hall–Kier alpha value is 0.416. The molecule has 1 aromatic rings. The molecule has 82 valence electrons. The third-order valence-corrected chi connectivity index (χ3v) is 2.45. The van der Waals surface area contributed by atoms with Crippen molar-refractivity contribution in [3.63, 3.8) is 0 Å². The zero-order valence-electron chi connectivity index (χ0n) is 9.86. The molecule has 1 aliphatic carbocycles. The molecular weight excluding hydrogens is 231 g/mol. The van der Waals surface area contributed by atoms with Crippen LogP contribution in [0.2, 0.25) is 0 Å². The molecule has 1 heterocycles. The summed E-state index contributed by atoms with van der Waals surface area (Å²) in [5, 5.41) is 8.93. The SMILES string of the molecule is CC[O-].[K+].c1cc2c(cc1C1CC1)OCO2. The minimum absolute atomic E-state index is 0. The Morgan fingerprint density at radius 3 is 2.50 bits per heavy atom. The summed E-state index contributed by atoms with van der Waals surface area (Å²) in [6.07, 6.45) is 2.67. The van der Waals surface area contributed by atoms with E-state index in [9.17, 15) is 0 Å². The van der Waals surface area contributed by atoms with Gasteiger partial charge in [-0.1, -0.05) is 13.0 Å². The first-order valence-corrected chi connectivity index (χ1v) is 5.32. The average molecular weight is 246 g/mol. The summed E-state index contributed by atoms with van der Waals surface area (Å²) in [5.74, 6) is 2.60. The van der Waals surface area contributed by atoms with Gasteiger partial charge in [0.2, 0.25) is 6.79 Å². The minimum Gasteiger partial charge on any atom is -0.855 e. The molecule has 0 saturated heterocycles. The molecule has 1 fully saturated rings. The van der Waals surface area contributed by atoms with E-state index in [-0.39, 0.29) is 58.0 Å². The molecule has 1 saturated carbocycles. The van der Waals surface area contributed by atoms with E-state index in [1.807, 2.05) is 6.07 Å². The second-order valence-electron chi connectivity index (χ2n) is 3.68. The van der Waals surface area contributed by atoms with Crippen molar-refractivity contribution in [1.82, 2.24) is 0 Å². The van der Waals surface area contributed by atoms with Crippen LogP contribution in [0.25, 0.3) is 0 Å². The molecule has 2 aliphatic rings. The first-order valence-electron chi connectivity index (χ1n) is 5.32. The van der Waals surface area contributed by atoms with Crippen molar-refractivity contribution in [2.45, 2.75) is 25.7 Å². The number of rotatable bonds is 1. The molecule has 0 spiro atoms. The van der Waals surface area contributed by atoms with Crippen LogP contribution in [0.5, 0.6) is 11.5 Å². The first-order chi connectivity index (χ1) is 7.35. The van der Waals surface area contributed by atoms with Gasteiger partial charge in [0.25, 0.3) is 0 Å². The normalized spacial score (nSPS) is 15.9. The summed E-state index contributed by atoms with van der Waals surface area (Å²) < 4.78 is 10.5. The third-order valence-electron chi connectivity index (χ3n) is 2.45. The van der Waals surface area contributed by atoms with Crippen molar-refractivity contribution in [3.05, 3.63) is 23.8 Å². The van der Waals surface area contributed by atoms with Gasteiger partial charge in [0, 0.05) is 0 Å². The van der Waals surface area contributed by atoms with E-state index in [2.05, 4.69) is 12.1 Å². The van der Waals surface area contributed by atoms with Crippen molar-refractivity contribution in [3.8, 4) is 11.5 Å². The maximum atomic E-state index is 8.93. The van der Waals surface area contributed by atoms with Crippen molar-refractivity contribution in [1.29, 1.82) is 0 Å². The second-order valence-corrected chi connectivity index (χ2v) is 3.68. The van der Waals surface area contributed by atoms with Gasteiger partial charge in [-0.05, 0) is 36.5 Å². The van der Waals surface area contributed by atoms with Gasteiger partial charge in [-0.15, -0.1) is 6.61 Å². The maximum Gasteiger partial charge on any atom is 1.00 e. The van der Waals surface area contributed by atoms with Crippen LogP contribution in [-0.4, -0.2) is 13.4 Å². The van der Waals surface area contributed by atoms with Gasteiger partial charge < -0.3 is 14.6 Å². The molecule has 0 aromatic heterocycles. The molecular formula is C12H15KO3. The molecule has 0 atom stereocenters. The van der Waals surface area contributed by atoms with Gasteiger partial charge >= 0.3 is 51.4 Å². The smallest absolute Gasteiger partial charge is 0.855 e. The number of benzene rings is 1. The summed E-state index contributed by atoms with van der Waals surface area (Å²) in [6, 6.07) is 6.27. The fourth-order valence-electron chi connectivity index (χ4n) is 1.58. The Balaban J connectivity index is 0.000000292. The molecule has 4 heteroatoms. The molecule has 3 rings (SSSR count). The Morgan fingerprint density at radius 2 is 1.88 bits per heavy atom. The van der Waals surface area contributed by atoms with E-state index in [4.69, 9.17) is 14.6 Å². The zero-order chi connectivity index (χ0) is 10.7. The summed E-state index contributed by atoms with van der Waals surface area (Å²) in [7, 11) is 0. The summed E-state index contributed by atoms with van der Waals surface area (Å²) >= 11 is 0. The van der Waals surface area contributed by atoms with Crippen LogP contribution in [0.4, 0.5) is 0 Å². The van der Waals surface area contributed by atoms with E-state index in [1.165, 1.54) is 18.4 Å². The van der Waals surface area contributed by atoms with Crippen LogP contribution in [0.3, 0.4) is 0 Å². The Labute approximate surface area is 139 Å². The summed E-state index contributed by atoms with van der Waals surface area (Å²) in [5.41, 5.74) is 1.40. The van der Waals surface area contributed by atoms with E-state index in [0.717, 1.165) is 17.4 Å². The predicted octanol–water partition coefficient (Wildman–Crippen LogP) is -1.34. The third kappa shape index (κ3) is 3.72. The van der Waals surface area contributed by atoms with Crippen molar-refractivity contribution in [2.24, 2.45) is 0 Å². The quantitative estimate of drug-likeness (QED) is 0.576. The molecule has 0 N–H and O–H groups in total. The Kier molecular flexibility index (Phi) is 6.32. The number of ether oxygens (including phenoxy) is 2.